The van der Waals surface area contributed by atoms with Crippen molar-refractivity contribution in [2.24, 2.45) is 0 Å². The van der Waals surface area contributed by atoms with Gasteiger partial charge in [0.15, 0.2) is 0 Å². The molecule has 528 valence electrons. The van der Waals surface area contributed by atoms with Crippen LogP contribution in [0.25, 0.3) is 0 Å². The van der Waals surface area contributed by atoms with E-state index in [1.165, 1.54) is 0 Å². The molecule has 8 heterocycles. The third-order valence-electron chi connectivity index (χ3n) is 11.3. The van der Waals surface area contributed by atoms with E-state index in [1.54, 1.807) is 55.4 Å². The predicted molar refractivity (Wildman–Crippen MR) is 323 cm³/mol. The van der Waals surface area contributed by atoms with E-state index >= 15 is 0 Å². The van der Waals surface area contributed by atoms with Crippen molar-refractivity contribution in [3.63, 3.8) is 0 Å². The summed E-state index contributed by atoms with van der Waals surface area (Å²) in [5.74, 6) is 0. The summed E-state index contributed by atoms with van der Waals surface area (Å²) in [5, 5.41) is 0. The number of phosphoric acid groups is 8. The molecule has 12 atom stereocenters. The van der Waals surface area contributed by atoms with Gasteiger partial charge >= 0.3 is 62.6 Å². The van der Waals surface area contributed by atoms with Crippen LogP contribution in [-0.4, -0.2) is 153 Å². The van der Waals surface area contributed by atoms with Gasteiger partial charge in [-0.3, -0.25) is 109 Å². The van der Waals surface area contributed by atoms with Gasteiger partial charge in [-0.25, -0.2) is 36.5 Å². The molecule has 0 radical (unpaired) electrons. The van der Waals surface area contributed by atoms with Gasteiger partial charge in [-0.15, -0.1) is 0 Å². The normalized spacial score (nSPS) is 37.4. The number of hydrogen-bond acceptors (Lipinski definition) is 32. The van der Waals surface area contributed by atoms with Gasteiger partial charge in [0.25, 0.3) is 0 Å². The highest BCUT2D eigenvalue weighted by Gasteiger charge is 2.44. The van der Waals surface area contributed by atoms with Crippen molar-refractivity contribution in [3.05, 3.63) is 0 Å². The van der Waals surface area contributed by atoms with Crippen LogP contribution in [0.4, 0.5) is 0 Å². The second kappa shape index (κ2) is 42.5. The summed E-state index contributed by atoms with van der Waals surface area (Å²) in [6, 6.07) is 0. The highest BCUT2D eigenvalue weighted by atomic mass is 31.2. The molecule has 8 aliphatic heterocycles. The van der Waals surface area contributed by atoms with E-state index in [9.17, 15) is 36.5 Å². The molecule has 4 unspecified atom stereocenters. The maximum absolute atomic E-state index is 11.6. The Kier molecular flexibility index (Phi) is 42.0. The molecule has 0 spiro atoms. The Morgan fingerprint density at radius 1 is 0.239 bits per heavy atom. The molecule has 0 aliphatic carbocycles. The van der Waals surface area contributed by atoms with Gasteiger partial charge in [0, 0.05) is 19.3 Å². The standard InChI is InChI=1S/3C7H15O4P.3C6H13O4P.C5H11O4P.C4H9O4P/c3*1-4-9-12(8)10-6(2)5-7(3)11-12;3*1-4-8-11(7)9-5(2)6(3)10-11;1-2-7-10(6)8-4-3-5-9-10;1-2-6-9(5)7-3-4-8-9/h3*6-7H,4-5H2,1-3H3;3*5-6H,4H2,1-3H3;2-5H2,1H3;2-4H2,1H3/t2*6-,7-;;2*5-,6-;;;/m10.10.../s1. The zero-order chi connectivity index (χ0) is 67.2. The van der Waals surface area contributed by atoms with Crippen molar-refractivity contribution in [2.45, 2.75) is 237 Å². The van der Waals surface area contributed by atoms with Crippen molar-refractivity contribution in [3.8, 4) is 0 Å². The van der Waals surface area contributed by atoms with Crippen LogP contribution in [-0.2, 0) is 145 Å². The summed E-state index contributed by atoms with van der Waals surface area (Å²) in [4.78, 5) is 0. The van der Waals surface area contributed by atoms with E-state index in [0.29, 0.717) is 79.3 Å². The highest BCUT2D eigenvalue weighted by Crippen LogP contribution is 2.61. The van der Waals surface area contributed by atoms with Crippen LogP contribution < -0.4 is 0 Å². The lowest BCUT2D eigenvalue weighted by molar-refractivity contribution is 0.00317. The van der Waals surface area contributed by atoms with E-state index in [1.807, 2.05) is 83.1 Å². The quantitative estimate of drug-likeness (QED) is 0.130. The van der Waals surface area contributed by atoms with Gasteiger partial charge in [0.05, 0.1) is 153 Å². The average molecular weight is 1440 g/mol. The first-order valence-corrected chi connectivity index (χ1v) is 41.4. The minimum atomic E-state index is -3.23. The molecule has 0 saturated carbocycles. The van der Waals surface area contributed by atoms with Crippen molar-refractivity contribution in [1.29, 1.82) is 0 Å². The van der Waals surface area contributed by atoms with Crippen LogP contribution in [0.5, 0.6) is 0 Å². The van der Waals surface area contributed by atoms with Crippen LogP contribution in [0.1, 0.15) is 164 Å². The third kappa shape index (κ3) is 34.7. The van der Waals surface area contributed by atoms with Crippen molar-refractivity contribution >= 4 is 62.6 Å². The Bertz CT molecular complexity index is 2030. The molecule has 0 aromatic rings. The molecule has 0 aromatic carbocycles. The Labute approximate surface area is 522 Å². The molecule has 0 N–H and O–H groups in total. The lowest BCUT2D eigenvalue weighted by atomic mass is 10.2. The minimum absolute atomic E-state index is 0.0499. The summed E-state index contributed by atoms with van der Waals surface area (Å²) in [5.41, 5.74) is 0. The smallest absolute Gasteiger partial charge is 0.287 e. The summed E-state index contributed by atoms with van der Waals surface area (Å²) in [7, 11) is -25.4. The molecule has 8 aliphatic rings. The molecule has 40 heteroatoms. The predicted octanol–water partition coefficient (Wildman–Crippen LogP) is 15.6. The van der Waals surface area contributed by atoms with Crippen molar-refractivity contribution in [1.82, 2.24) is 0 Å². The molecule has 88 heavy (non-hydrogen) atoms. The van der Waals surface area contributed by atoms with E-state index in [-0.39, 0.29) is 73.2 Å². The Morgan fingerprint density at radius 2 is 0.386 bits per heavy atom. The number of rotatable bonds is 16. The van der Waals surface area contributed by atoms with Crippen molar-refractivity contribution in [2.75, 3.05) is 79.3 Å². The van der Waals surface area contributed by atoms with Crippen LogP contribution >= 0.6 is 62.6 Å². The number of hydrogen-bond donors (Lipinski definition) is 0. The second-order valence-corrected chi connectivity index (χ2v) is 32.5. The zero-order valence-electron chi connectivity index (χ0n) is 54.9. The van der Waals surface area contributed by atoms with Gasteiger partial charge in [-0.05, 0) is 145 Å². The minimum Gasteiger partial charge on any atom is -0.287 e. The molecule has 8 fully saturated rings. The Hall–Kier alpha value is 0.880. The molecule has 0 bridgehead atoms. The first kappa shape index (κ1) is 86.9. The molecule has 32 nitrogen and oxygen atoms in total. The molecule has 8 saturated heterocycles. The fourth-order valence-electron chi connectivity index (χ4n) is 7.43. The monoisotopic (exact) mass is 1440 g/mol. The maximum atomic E-state index is 11.6. The zero-order valence-corrected chi connectivity index (χ0v) is 62.0. The molecular weight excluding hydrogens is 1340 g/mol. The van der Waals surface area contributed by atoms with Crippen LogP contribution in [0.2, 0.25) is 0 Å². The maximum Gasteiger partial charge on any atom is 0.475 e. The van der Waals surface area contributed by atoms with Crippen LogP contribution in [0.3, 0.4) is 0 Å². The van der Waals surface area contributed by atoms with Gasteiger partial charge in [-0.2, -0.15) is 0 Å². The molecule has 8 rings (SSSR count). The van der Waals surface area contributed by atoms with Crippen molar-refractivity contribution < 1.29 is 145 Å². The molecule has 0 amide bonds. The van der Waals surface area contributed by atoms with Crippen LogP contribution in [0, 0.1) is 0 Å². The summed E-state index contributed by atoms with van der Waals surface area (Å²) < 4.78 is 209. The largest absolute Gasteiger partial charge is 0.475 e. The molecular formula is C48H104O32P8. The van der Waals surface area contributed by atoms with Gasteiger partial charge in [-0.1, -0.05) is 0 Å². The third-order valence-corrected chi connectivity index (χ3v) is 25.1. The van der Waals surface area contributed by atoms with E-state index in [4.69, 9.17) is 109 Å². The topological polar surface area (TPSA) is 358 Å². The lowest BCUT2D eigenvalue weighted by Crippen LogP contribution is -2.24. The summed E-state index contributed by atoms with van der Waals surface area (Å²) in [6.45, 7) is 40.5. The SMILES string of the molecule is CCOP1(=O)OC(C)C(C)O1.CCOP1(=O)OC(C)CC(C)O1.CCOP1(=O)OCCCO1.CCOP1(=O)OCCO1.CCOP1(=O)O[C@@H](C)C[C@H](C)O1.CCOP1(=O)O[C@@H](C)[C@H](C)O1.CCOP1(=O)O[C@H](C)C[C@@H](C)O1.CCOP1(=O)O[C@H](C)[C@@H](C)O1. The first-order valence-electron chi connectivity index (χ1n) is 29.7. The van der Waals surface area contributed by atoms with E-state index < -0.39 is 62.6 Å². The van der Waals surface area contributed by atoms with Gasteiger partial charge in [0.2, 0.25) is 0 Å². The first-order chi connectivity index (χ1) is 40.9. The second-order valence-electron chi connectivity index (χ2n) is 19.7. The number of phosphoric ester groups is 8. The lowest BCUT2D eigenvalue weighted by Gasteiger charge is -2.30. The molecule has 0 aromatic heterocycles. The highest BCUT2D eigenvalue weighted by molar-refractivity contribution is 7.50. The van der Waals surface area contributed by atoms with Gasteiger partial charge < -0.3 is 0 Å². The van der Waals surface area contributed by atoms with E-state index in [0.717, 1.165) is 25.7 Å². The fraction of sp³-hybridized carbons (Fsp3) is 1.00. The summed E-state index contributed by atoms with van der Waals surface area (Å²) >= 11 is 0. The fourth-order valence-corrected chi connectivity index (χ4v) is 19.4. The Morgan fingerprint density at radius 3 is 0.557 bits per heavy atom. The average Bonchev–Trinajstić information content (AvgIpc) is 3.87. The van der Waals surface area contributed by atoms with Gasteiger partial charge in [0.1, 0.15) is 0 Å². The Balaban J connectivity index is 0.000000504. The van der Waals surface area contributed by atoms with Crippen LogP contribution in [0.15, 0.2) is 0 Å². The van der Waals surface area contributed by atoms with E-state index in [2.05, 4.69) is 0 Å². The summed E-state index contributed by atoms with van der Waals surface area (Å²) in [6.07, 6.45) is 1.90.